The lowest BCUT2D eigenvalue weighted by atomic mass is 10.2. The second-order valence-corrected chi connectivity index (χ2v) is 5.84. The maximum atomic E-state index is 12.2. The Hall–Kier alpha value is -1.64. The van der Waals surface area contributed by atoms with Crippen LogP contribution < -0.4 is 0 Å². The molecule has 0 aliphatic carbocycles. The smallest absolute Gasteiger partial charge is 0.207 e. The van der Waals surface area contributed by atoms with Crippen molar-refractivity contribution in [3.8, 4) is 6.07 Å². The topological polar surface area (TPSA) is 61.2 Å². The van der Waals surface area contributed by atoms with Crippen molar-refractivity contribution in [2.75, 3.05) is 13.6 Å². The first-order chi connectivity index (χ1) is 7.89. The van der Waals surface area contributed by atoms with Gasteiger partial charge in [0.15, 0.2) is 0 Å². The zero-order valence-corrected chi connectivity index (χ0v) is 10.7. The summed E-state index contributed by atoms with van der Waals surface area (Å²) >= 11 is 0. The molecule has 17 heavy (non-hydrogen) atoms. The Bertz CT molecular complexity index is 570. The normalized spacial score (nSPS) is 11.2. The molecule has 0 aliphatic heterocycles. The van der Waals surface area contributed by atoms with Crippen molar-refractivity contribution in [1.82, 2.24) is 4.31 Å². The molecule has 0 aliphatic rings. The molecule has 0 unspecified atom stereocenters. The van der Waals surface area contributed by atoms with Crippen LogP contribution in [-0.2, 0) is 10.0 Å². The number of sulfonamides is 1. The van der Waals surface area contributed by atoms with Crippen LogP contribution in [0.15, 0.2) is 41.3 Å². The molecule has 4 nitrogen and oxygen atoms in total. The summed E-state index contributed by atoms with van der Waals surface area (Å²) in [6, 6.07) is 8.04. The van der Waals surface area contributed by atoms with Gasteiger partial charge in [-0.05, 0) is 19.1 Å². The molecule has 0 atom stereocenters. The van der Waals surface area contributed by atoms with Crippen LogP contribution in [0.3, 0.4) is 0 Å². The van der Waals surface area contributed by atoms with Crippen LogP contribution in [0.2, 0.25) is 0 Å². The first-order valence-electron chi connectivity index (χ1n) is 4.99. The minimum atomic E-state index is -3.63. The van der Waals surface area contributed by atoms with Gasteiger partial charge in [0, 0.05) is 13.6 Å². The molecule has 0 saturated carbocycles. The van der Waals surface area contributed by atoms with E-state index in [-0.39, 0.29) is 17.0 Å². The standard InChI is InChI=1S/C12H14N2O2S/c1-10(2)9-14(3)17(15,16)12-7-5-4-6-11(12)8-13/h4-7H,1,9H2,2-3H3. The van der Waals surface area contributed by atoms with Crippen molar-refractivity contribution in [2.24, 2.45) is 0 Å². The van der Waals surface area contributed by atoms with Crippen molar-refractivity contribution in [1.29, 1.82) is 5.26 Å². The molecule has 1 aromatic rings. The number of rotatable bonds is 4. The fourth-order valence-corrected chi connectivity index (χ4v) is 2.79. The Balaban J connectivity index is 3.23. The molecule has 90 valence electrons. The SMILES string of the molecule is C=C(C)CN(C)S(=O)(=O)c1ccccc1C#N. The van der Waals surface area contributed by atoms with E-state index < -0.39 is 10.0 Å². The van der Waals surface area contributed by atoms with Gasteiger partial charge >= 0.3 is 0 Å². The summed E-state index contributed by atoms with van der Waals surface area (Å²) in [5.74, 6) is 0. The monoisotopic (exact) mass is 250 g/mol. The number of hydrogen-bond donors (Lipinski definition) is 0. The van der Waals surface area contributed by atoms with Crippen molar-refractivity contribution < 1.29 is 8.42 Å². The Morgan fingerprint density at radius 2 is 2.06 bits per heavy atom. The van der Waals surface area contributed by atoms with Crippen molar-refractivity contribution in [2.45, 2.75) is 11.8 Å². The van der Waals surface area contributed by atoms with Crippen LogP contribution in [0.4, 0.5) is 0 Å². The number of nitrogens with zero attached hydrogens (tertiary/aromatic N) is 2. The molecule has 5 heteroatoms. The minimum Gasteiger partial charge on any atom is -0.207 e. The fraction of sp³-hybridized carbons (Fsp3) is 0.250. The highest BCUT2D eigenvalue weighted by Gasteiger charge is 2.23. The van der Waals surface area contributed by atoms with E-state index in [1.54, 1.807) is 19.1 Å². The van der Waals surface area contributed by atoms with Crippen molar-refractivity contribution >= 4 is 10.0 Å². The maximum absolute atomic E-state index is 12.2. The number of likely N-dealkylation sites (N-methyl/N-ethyl adjacent to an activating group) is 1. The van der Waals surface area contributed by atoms with Crippen LogP contribution >= 0.6 is 0 Å². The molecule has 0 amide bonds. The summed E-state index contributed by atoms with van der Waals surface area (Å²) in [6.07, 6.45) is 0. The molecule has 0 N–H and O–H groups in total. The van der Waals surface area contributed by atoms with Gasteiger partial charge < -0.3 is 0 Å². The Kier molecular flexibility index (Phi) is 4.05. The molecular formula is C12H14N2O2S. The first-order valence-corrected chi connectivity index (χ1v) is 6.43. The maximum Gasteiger partial charge on any atom is 0.244 e. The average Bonchev–Trinajstić information content (AvgIpc) is 2.28. The van der Waals surface area contributed by atoms with Crippen LogP contribution in [0, 0.1) is 11.3 Å². The van der Waals surface area contributed by atoms with Gasteiger partial charge in [-0.1, -0.05) is 24.3 Å². The van der Waals surface area contributed by atoms with Gasteiger partial charge in [0.1, 0.15) is 6.07 Å². The molecule has 0 spiro atoms. The van der Waals surface area contributed by atoms with Gasteiger partial charge in [-0.3, -0.25) is 0 Å². The second-order valence-electron chi connectivity index (χ2n) is 3.83. The molecule has 0 fully saturated rings. The summed E-state index contributed by atoms with van der Waals surface area (Å²) in [7, 11) is -2.16. The number of nitriles is 1. The Morgan fingerprint density at radius 3 is 2.59 bits per heavy atom. The van der Waals surface area contributed by atoms with E-state index in [1.165, 1.54) is 23.5 Å². The molecule has 0 radical (unpaired) electrons. The highest BCUT2D eigenvalue weighted by atomic mass is 32.2. The van der Waals surface area contributed by atoms with Crippen molar-refractivity contribution in [3.63, 3.8) is 0 Å². The van der Waals surface area contributed by atoms with E-state index in [0.29, 0.717) is 0 Å². The summed E-state index contributed by atoms with van der Waals surface area (Å²) in [5.41, 5.74) is 0.895. The zero-order valence-electron chi connectivity index (χ0n) is 9.84. The van der Waals surface area contributed by atoms with E-state index in [4.69, 9.17) is 5.26 Å². The largest absolute Gasteiger partial charge is 0.244 e. The molecule has 0 aromatic heterocycles. The van der Waals surface area contributed by atoms with E-state index in [9.17, 15) is 8.42 Å². The summed E-state index contributed by atoms with van der Waals surface area (Å²) < 4.78 is 25.5. The molecule has 1 aromatic carbocycles. The van der Waals surface area contributed by atoms with E-state index in [0.717, 1.165) is 5.57 Å². The minimum absolute atomic E-state index is 0.0336. The third kappa shape index (κ3) is 2.93. The highest BCUT2D eigenvalue weighted by Crippen LogP contribution is 2.18. The summed E-state index contributed by atoms with van der Waals surface area (Å²) in [6.45, 7) is 5.66. The molecule has 0 saturated heterocycles. The quantitative estimate of drug-likeness (QED) is 0.765. The molecule has 0 heterocycles. The van der Waals surface area contributed by atoms with Gasteiger partial charge in [-0.25, -0.2) is 8.42 Å². The van der Waals surface area contributed by atoms with E-state index >= 15 is 0 Å². The lowest BCUT2D eigenvalue weighted by Crippen LogP contribution is -2.28. The lowest BCUT2D eigenvalue weighted by molar-refractivity contribution is 0.493. The third-order valence-electron chi connectivity index (χ3n) is 2.19. The van der Waals surface area contributed by atoms with Crippen LogP contribution in [-0.4, -0.2) is 26.3 Å². The van der Waals surface area contributed by atoms with Gasteiger partial charge in [-0.15, -0.1) is 0 Å². The third-order valence-corrected chi connectivity index (χ3v) is 4.05. The van der Waals surface area contributed by atoms with Gasteiger partial charge in [-0.2, -0.15) is 9.57 Å². The van der Waals surface area contributed by atoms with Gasteiger partial charge in [0.05, 0.1) is 10.5 Å². The van der Waals surface area contributed by atoms with Gasteiger partial charge in [0.25, 0.3) is 0 Å². The number of benzene rings is 1. The van der Waals surface area contributed by atoms with Gasteiger partial charge in [0.2, 0.25) is 10.0 Å². The summed E-state index contributed by atoms with van der Waals surface area (Å²) in [4.78, 5) is 0.0336. The lowest BCUT2D eigenvalue weighted by Gasteiger charge is -2.17. The highest BCUT2D eigenvalue weighted by molar-refractivity contribution is 7.89. The second kappa shape index (κ2) is 5.13. The molecule has 1 rings (SSSR count). The molecular weight excluding hydrogens is 236 g/mol. The van der Waals surface area contributed by atoms with Crippen LogP contribution in [0.5, 0.6) is 0 Å². The van der Waals surface area contributed by atoms with Crippen molar-refractivity contribution in [3.05, 3.63) is 42.0 Å². The predicted octanol–water partition coefficient (Wildman–Crippen LogP) is 1.75. The van der Waals surface area contributed by atoms with E-state index in [1.807, 2.05) is 6.07 Å². The predicted molar refractivity (Wildman–Crippen MR) is 65.8 cm³/mol. The van der Waals surface area contributed by atoms with Crippen LogP contribution in [0.25, 0.3) is 0 Å². The zero-order chi connectivity index (χ0) is 13.1. The molecule has 0 bridgehead atoms. The van der Waals surface area contributed by atoms with E-state index in [2.05, 4.69) is 6.58 Å². The average molecular weight is 250 g/mol. The Labute approximate surface area is 102 Å². The van der Waals surface area contributed by atoms with Crippen LogP contribution in [0.1, 0.15) is 12.5 Å². The Morgan fingerprint density at radius 1 is 1.47 bits per heavy atom. The fourth-order valence-electron chi connectivity index (χ4n) is 1.42. The number of hydrogen-bond acceptors (Lipinski definition) is 3. The summed E-state index contributed by atoms with van der Waals surface area (Å²) in [5, 5.41) is 8.89. The first kappa shape index (κ1) is 13.4.